The molecule has 3 fully saturated rings. The van der Waals surface area contributed by atoms with Crippen LogP contribution in [0.1, 0.15) is 60.2 Å². The first-order valence-corrected chi connectivity index (χ1v) is 11.9. The van der Waals surface area contributed by atoms with Crippen LogP contribution in [0.4, 0.5) is 4.39 Å². The van der Waals surface area contributed by atoms with Gasteiger partial charge in [0.05, 0.1) is 31.0 Å². The molecule has 32 heavy (non-hydrogen) atoms. The first-order valence-electron chi connectivity index (χ1n) is 11.9. The number of hydrogen-bond donors (Lipinski definition) is 0. The average Bonchev–Trinajstić information content (AvgIpc) is 3.07. The molecule has 2 aliphatic heterocycles. The van der Waals surface area contributed by atoms with E-state index in [4.69, 9.17) is 4.74 Å². The molecule has 1 saturated carbocycles. The second kappa shape index (κ2) is 7.89. The molecule has 1 aliphatic carbocycles. The fourth-order valence-electron chi connectivity index (χ4n) is 5.43. The second-order valence-corrected chi connectivity index (χ2v) is 9.75. The largest absolute Gasteiger partial charge is 0.378 e. The van der Waals surface area contributed by atoms with Crippen molar-refractivity contribution in [2.75, 3.05) is 26.3 Å². The molecule has 2 atom stereocenters. The standard InChI is InChI=1S/C25H30FN5O/c1-15-8-18-11-27-31(25-10-23(17-4-3-5-17)28-16(2)29-25)24(18)9-21(15)20-6-7-30(12-22(20)26)19-13-32-14-19/h8-11,17,19-20,22H,3-7,12-14H2,1-2H3. The summed E-state index contributed by atoms with van der Waals surface area (Å²) in [5.74, 6) is 2.03. The lowest BCUT2D eigenvalue weighted by Crippen LogP contribution is -2.54. The van der Waals surface area contributed by atoms with Gasteiger partial charge in [-0.25, -0.2) is 19.0 Å². The summed E-state index contributed by atoms with van der Waals surface area (Å²) in [5, 5.41) is 5.72. The number of piperidine rings is 1. The van der Waals surface area contributed by atoms with Crippen molar-refractivity contribution in [3.05, 3.63) is 47.0 Å². The Balaban J connectivity index is 1.35. The average molecular weight is 436 g/mol. The molecule has 4 heterocycles. The Morgan fingerprint density at radius 2 is 1.91 bits per heavy atom. The minimum absolute atomic E-state index is 0.0855. The molecule has 7 heteroatoms. The summed E-state index contributed by atoms with van der Waals surface area (Å²) in [6, 6.07) is 6.77. The van der Waals surface area contributed by atoms with Gasteiger partial charge < -0.3 is 4.74 Å². The smallest absolute Gasteiger partial charge is 0.157 e. The summed E-state index contributed by atoms with van der Waals surface area (Å²) >= 11 is 0. The Morgan fingerprint density at radius 1 is 1.06 bits per heavy atom. The molecule has 0 radical (unpaired) electrons. The summed E-state index contributed by atoms with van der Waals surface area (Å²) in [4.78, 5) is 11.6. The lowest BCUT2D eigenvalue weighted by atomic mass is 9.83. The monoisotopic (exact) mass is 435 g/mol. The molecule has 3 aliphatic rings. The lowest BCUT2D eigenvalue weighted by Gasteiger charge is -2.43. The highest BCUT2D eigenvalue weighted by molar-refractivity contribution is 5.82. The predicted molar refractivity (Wildman–Crippen MR) is 121 cm³/mol. The molecule has 0 N–H and O–H groups in total. The molecule has 168 valence electrons. The second-order valence-electron chi connectivity index (χ2n) is 9.75. The Labute approximate surface area is 187 Å². The van der Waals surface area contributed by atoms with E-state index in [0.717, 1.165) is 65.5 Å². The Morgan fingerprint density at radius 3 is 2.59 bits per heavy atom. The first kappa shape index (κ1) is 20.2. The highest BCUT2D eigenvalue weighted by Crippen LogP contribution is 2.37. The van der Waals surface area contributed by atoms with E-state index >= 15 is 4.39 Å². The number of alkyl halides is 1. The number of halogens is 1. The number of fused-ring (bicyclic) bond motifs is 1. The Kier molecular flexibility index (Phi) is 4.99. The minimum Gasteiger partial charge on any atom is -0.378 e. The van der Waals surface area contributed by atoms with Gasteiger partial charge >= 0.3 is 0 Å². The number of likely N-dealkylation sites (tertiary alicyclic amines) is 1. The molecule has 0 bridgehead atoms. The Bertz CT molecular complexity index is 1150. The third-order valence-corrected chi connectivity index (χ3v) is 7.65. The molecule has 2 unspecified atom stereocenters. The summed E-state index contributed by atoms with van der Waals surface area (Å²) < 4.78 is 22.6. The zero-order valence-corrected chi connectivity index (χ0v) is 18.8. The number of hydrogen-bond acceptors (Lipinski definition) is 5. The van der Waals surface area contributed by atoms with Crippen LogP contribution in [0.5, 0.6) is 0 Å². The van der Waals surface area contributed by atoms with E-state index in [0.29, 0.717) is 18.5 Å². The van der Waals surface area contributed by atoms with Crippen LogP contribution in [-0.2, 0) is 4.74 Å². The van der Waals surface area contributed by atoms with Gasteiger partial charge in [0.1, 0.15) is 12.0 Å². The minimum atomic E-state index is -0.872. The fourth-order valence-corrected chi connectivity index (χ4v) is 5.43. The van der Waals surface area contributed by atoms with E-state index in [1.54, 1.807) is 0 Å². The highest BCUT2D eigenvalue weighted by atomic mass is 19.1. The molecule has 6 rings (SSSR count). The normalized spacial score (nSPS) is 25.1. The van der Waals surface area contributed by atoms with Gasteiger partial charge in [-0.15, -0.1) is 0 Å². The summed E-state index contributed by atoms with van der Waals surface area (Å²) in [5.41, 5.74) is 4.34. The van der Waals surface area contributed by atoms with E-state index in [2.05, 4.69) is 45.1 Å². The van der Waals surface area contributed by atoms with Gasteiger partial charge in [0.15, 0.2) is 5.82 Å². The SMILES string of the molecule is Cc1nc(C2CCC2)cc(-n2ncc3cc(C)c(C4CCN(C5COC5)CC4F)cc32)n1. The third-order valence-electron chi connectivity index (χ3n) is 7.65. The number of benzene rings is 1. The zero-order valence-electron chi connectivity index (χ0n) is 18.8. The maximum atomic E-state index is 15.3. The number of rotatable bonds is 4. The molecule has 2 saturated heterocycles. The number of aromatic nitrogens is 4. The molecule has 2 aromatic heterocycles. The van der Waals surface area contributed by atoms with Crippen LogP contribution < -0.4 is 0 Å². The van der Waals surface area contributed by atoms with E-state index < -0.39 is 6.17 Å². The van der Waals surface area contributed by atoms with Crippen molar-refractivity contribution in [2.45, 2.75) is 63.6 Å². The fraction of sp³-hybridized carbons (Fsp3) is 0.560. The maximum Gasteiger partial charge on any atom is 0.157 e. The number of aryl methyl sites for hydroxylation is 2. The molecule has 6 nitrogen and oxygen atoms in total. The molecule has 3 aromatic rings. The topological polar surface area (TPSA) is 56.1 Å². The van der Waals surface area contributed by atoms with E-state index in [1.165, 1.54) is 19.3 Å². The Hall–Kier alpha value is -2.38. The van der Waals surface area contributed by atoms with E-state index in [1.807, 2.05) is 17.8 Å². The highest BCUT2D eigenvalue weighted by Gasteiger charge is 2.36. The lowest BCUT2D eigenvalue weighted by molar-refractivity contribution is -0.0807. The molecule has 0 amide bonds. The van der Waals surface area contributed by atoms with Crippen LogP contribution in [0, 0.1) is 13.8 Å². The molecular weight excluding hydrogens is 405 g/mol. The van der Waals surface area contributed by atoms with Gasteiger partial charge in [0.25, 0.3) is 0 Å². The summed E-state index contributed by atoms with van der Waals surface area (Å²) in [6.07, 6.45) is 5.51. The first-order chi connectivity index (χ1) is 15.6. The third kappa shape index (κ3) is 3.42. The van der Waals surface area contributed by atoms with E-state index in [-0.39, 0.29) is 5.92 Å². The van der Waals surface area contributed by atoms with Crippen molar-refractivity contribution in [1.82, 2.24) is 24.6 Å². The van der Waals surface area contributed by atoms with Crippen LogP contribution in [0.15, 0.2) is 24.4 Å². The van der Waals surface area contributed by atoms with Gasteiger partial charge in [-0.3, -0.25) is 4.90 Å². The van der Waals surface area contributed by atoms with Crippen molar-refractivity contribution >= 4 is 10.9 Å². The van der Waals surface area contributed by atoms with Crippen LogP contribution in [0.2, 0.25) is 0 Å². The zero-order chi connectivity index (χ0) is 21.8. The van der Waals surface area contributed by atoms with Crippen molar-refractivity contribution in [3.63, 3.8) is 0 Å². The van der Waals surface area contributed by atoms with Crippen molar-refractivity contribution in [1.29, 1.82) is 0 Å². The van der Waals surface area contributed by atoms with Gasteiger partial charge in [-0.05, 0) is 62.9 Å². The van der Waals surface area contributed by atoms with Gasteiger partial charge in [-0.1, -0.05) is 6.42 Å². The number of nitrogens with zero attached hydrogens (tertiary/aromatic N) is 5. The summed E-state index contributed by atoms with van der Waals surface area (Å²) in [7, 11) is 0. The molecular formula is C25H30FN5O. The van der Waals surface area contributed by atoms with Crippen LogP contribution >= 0.6 is 0 Å². The van der Waals surface area contributed by atoms with E-state index in [9.17, 15) is 0 Å². The van der Waals surface area contributed by atoms with Crippen molar-refractivity contribution in [3.8, 4) is 5.82 Å². The predicted octanol–water partition coefficient (Wildman–Crippen LogP) is 4.23. The van der Waals surface area contributed by atoms with Crippen LogP contribution in [-0.4, -0.2) is 63.2 Å². The quantitative estimate of drug-likeness (QED) is 0.614. The van der Waals surface area contributed by atoms with Gasteiger partial charge in [0.2, 0.25) is 0 Å². The van der Waals surface area contributed by atoms with Gasteiger partial charge in [0, 0.05) is 35.5 Å². The maximum absolute atomic E-state index is 15.3. The molecule has 0 spiro atoms. The van der Waals surface area contributed by atoms with Crippen LogP contribution in [0.25, 0.3) is 16.7 Å². The number of ether oxygens (including phenoxy) is 1. The van der Waals surface area contributed by atoms with Crippen molar-refractivity contribution in [2.24, 2.45) is 0 Å². The molecule has 1 aromatic carbocycles. The van der Waals surface area contributed by atoms with Crippen LogP contribution in [0.3, 0.4) is 0 Å². The van der Waals surface area contributed by atoms with Crippen molar-refractivity contribution < 1.29 is 9.13 Å². The summed E-state index contributed by atoms with van der Waals surface area (Å²) in [6.45, 7) is 6.93. The van der Waals surface area contributed by atoms with Gasteiger partial charge in [-0.2, -0.15) is 5.10 Å².